The van der Waals surface area contributed by atoms with Gasteiger partial charge in [-0.15, -0.1) is 0 Å². The van der Waals surface area contributed by atoms with Crippen molar-refractivity contribution in [2.75, 3.05) is 7.05 Å². The first-order chi connectivity index (χ1) is 9.61. The third kappa shape index (κ3) is 3.09. The van der Waals surface area contributed by atoms with E-state index >= 15 is 0 Å². The van der Waals surface area contributed by atoms with Crippen LogP contribution in [0.2, 0.25) is 0 Å². The van der Waals surface area contributed by atoms with Crippen LogP contribution in [0.4, 0.5) is 0 Å². The van der Waals surface area contributed by atoms with Crippen molar-refractivity contribution >= 4 is 0 Å². The number of benzene rings is 1. The number of rotatable bonds is 5. The van der Waals surface area contributed by atoms with Gasteiger partial charge in [-0.3, -0.25) is 0 Å². The normalized spacial score (nSPS) is 25.4. The van der Waals surface area contributed by atoms with Gasteiger partial charge in [0, 0.05) is 11.5 Å². The predicted octanol–water partition coefficient (Wildman–Crippen LogP) is 4.77. The maximum Gasteiger partial charge on any atom is 0.0187 e. The second-order valence-corrected chi connectivity index (χ2v) is 6.97. The van der Waals surface area contributed by atoms with Crippen molar-refractivity contribution < 1.29 is 0 Å². The fraction of sp³-hybridized carbons (Fsp3) is 0.684. The van der Waals surface area contributed by atoms with Crippen LogP contribution in [0.3, 0.4) is 0 Å². The standard InChI is InChI=1S/C19H31N/c1-5-15-11-9-10-14-17(15)18(20-4)19(2,3)16-12-7-6-8-13-16/h6-8,12-13,15,17-18,20H,5,9-11,14H2,1-4H3. The molecule has 0 saturated heterocycles. The Labute approximate surface area is 125 Å². The first kappa shape index (κ1) is 15.6. The van der Waals surface area contributed by atoms with E-state index in [0.717, 1.165) is 11.8 Å². The molecule has 0 heterocycles. The second kappa shape index (κ2) is 6.76. The highest BCUT2D eigenvalue weighted by atomic mass is 14.9. The lowest BCUT2D eigenvalue weighted by Crippen LogP contribution is -2.51. The predicted molar refractivity (Wildman–Crippen MR) is 88.1 cm³/mol. The van der Waals surface area contributed by atoms with Gasteiger partial charge in [-0.1, -0.05) is 76.8 Å². The highest BCUT2D eigenvalue weighted by Crippen LogP contribution is 2.41. The fourth-order valence-electron chi connectivity index (χ4n) is 4.34. The van der Waals surface area contributed by atoms with Crippen LogP contribution < -0.4 is 5.32 Å². The lowest BCUT2D eigenvalue weighted by atomic mass is 9.64. The van der Waals surface area contributed by atoms with Crippen LogP contribution in [0.25, 0.3) is 0 Å². The average molecular weight is 273 g/mol. The SMILES string of the molecule is CCC1CCCCC1C(NC)C(C)(C)c1ccccc1. The highest BCUT2D eigenvalue weighted by Gasteiger charge is 2.39. The van der Waals surface area contributed by atoms with Crippen LogP contribution in [-0.4, -0.2) is 13.1 Å². The summed E-state index contributed by atoms with van der Waals surface area (Å²) in [4.78, 5) is 0. The molecule has 20 heavy (non-hydrogen) atoms. The minimum Gasteiger partial charge on any atom is -0.316 e. The van der Waals surface area contributed by atoms with E-state index in [0.29, 0.717) is 6.04 Å². The molecule has 2 rings (SSSR count). The summed E-state index contributed by atoms with van der Waals surface area (Å²) >= 11 is 0. The molecule has 1 heteroatoms. The average Bonchev–Trinajstić information content (AvgIpc) is 2.49. The Bertz CT molecular complexity index is 395. The quantitative estimate of drug-likeness (QED) is 0.815. The summed E-state index contributed by atoms with van der Waals surface area (Å²) in [5.41, 5.74) is 1.64. The summed E-state index contributed by atoms with van der Waals surface area (Å²) in [6.07, 6.45) is 6.97. The largest absolute Gasteiger partial charge is 0.316 e. The Hall–Kier alpha value is -0.820. The molecule has 0 aromatic heterocycles. The summed E-state index contributed by atoms with van der Waals surface area (Å²) < 4.78 is 0. The molecule has 1 aromatic rings. The van der Waals surface area contributed by atoms with Gasteiger partial charge >= 0.3 is 0 Å². The first-order valence-corrected chi connectivity index (χ1v) is 8.34. The monoisotopic (exact) mass is 273 g/mol. The molecule has 1 aliphatic rings. The van der Waals surface area contributed by atoms with Gasteiger partial charge in [-0.05, 0) is 30.9 Å². The second-order valence-electron chi connectivity index (χ2n) is 6.97. The molecular formula is C19H31N. The summed E-state index contributed by atoms with van der Waals surface area (Å²) in [5.74, 6) is 1.71. The fourth-order valence-corrected chi connectivity index (χ4v) is 4.34. The maximum atomic E-state index is 3.67. The number of hydrogen-bond donors (Lipinski definition) is 1. The molecule has 112 valence electrons. The molecule has 1 aliphatic carbocycles. The van der Waals surface area contributed by atoms with Crippen molar-refractivity contribution in [3.63, 3.8) is 0 Å². The van der Waals surface area contributed by atoms with Crippen LogP contribution in [-0.2, 0) is 5.41 Å². The van der Waals surface area contributed by atoms with Gasteiger partial charge in [0.25, 0.3) is 0 Å². The molecule has 0 aliphatic heterocycles. The van der Waals surface area contributed by atoms with E-state index in [4.69, 9.17) is 0 Å². The summed E-state index contributed by atoms with van der Waals surface area (Å²) in [6.45, 7) is 7.18. The lowest BCUT2D eigenvalue weighted by molar-refractivity contribution is 0.136. The van der Waals surface area contributed by atoms with Crippen molar-refractivity contribution in [3.05, 3.63) is 35.9 Å². The number of nitrogens with one attached hydrogen (secondary N) is 1. The van der Waals surface area contributed by atoms with Gasteiger partial charge in [0.15, 0.2) is 0 Å². The molecule has 1 aromatic carbocycles. The maximum absolute atomic E-state index is 3.67. The van der Waals surface area contributed by atoms with E-state index in [1.165, 1.54) is 37.7 Å². The topological polar surface area (TPSA) is 12.0 Å². The van der Waals surface area contributed by atoms with Gasteiger partial charge in [0.2, 0.25) is 0 Å². The van der Waals surface area contributed by atoms with Crippen molar-refractivity contribution in [1.82, 2.24) is 5.32 Å². The third-order valence-electron chi connectivity index (χ3n) is 5.53. The van der Waals surface area contributed by atoms with Crippen molar-refractivity contribution in [2.45, 2.75) is 64.3 Å². The van der Waals surface area contributed by atoms with Crippen molar-refractivity contribution in [3.8, 4) is 0 Å². The van der Waals surface area contributed by atoms with E-state index in [2.05, 4.69) is 63.5 Å². The number of hydrogen-bond acceptors (Lipinski definition) is 1. The lowest BCUT2D eigenvalue weighted by Gasteiger charge is -2.45. The molecule has 0 spiro atoms. The molecule has 0 bridgehead atoms. The summed E-state index contributed by atoms with van der Waals surface area (Å²) in [7, 11) is 2.15. The Kier molecular flexibility index (Phi) is 5.26. The smallest absolute Gasteiger partial charge is 0.0187 e. The summed E-state index contributed by atoms with van der Waals surface area (Å²) in [6, 6.07) is 11.6. The molecule has 3 atom stereocenters. The van der Waals surface area contributed by atoms with Crippen molar-refractivity contribution in [2.24, 2.45) is 11.8 Å². The molecule has 3 unspecified atom stereocenters. The van der Waals surface area contributed by atoms with Gasteiger partial charge in [-0.25, -0.2) is 0 Å². The Morgan fingerprint density at radius 1 is 1.15 bits per heavy atom. The van der Waals surface area contributed by atoms with E-state index in [1.54, 1.807) is 0 Å². The van der Waals surface area contributed by atoms with Crippen LogP contribution in [0.1, 0.15) is 58.4 Å². The number of likely N-dealkylation sites (N-methyl/N-ethyl adjacent to an activating group) is 1. The van der Waals surface area contributed by atoms with Gasteiger partial charge in [0.05, 0.1) is 0 Å². The Balaban J connectivity index is 2.26. The minimum absolute atomic E-state index is 0.186. The van der Waals surface area contributed by atoms with Gasteiger partial charge < -0.3 is 5.32 Å². The van der Waals surface area contributed by atoms with Crippen LogP contribution in [0.5, 0.6) is 0 Å². The Morgan fingerprint density at radius 2 is 1.80 bits per heavy atom. The first-order valence-electron chi connectivity index (χ1n) is 8.34. The van der Waals surface area contributed by atoms with E-state index in [-0.39, 0.29) is 5.41 Å². The van der Waals surface area contributed by atoms with E-state index in [1.807, 2.05) is 0 Å². The minimum atomic E-state index is 0.186. The Morgan fingerprint density at radius 3 is 2.40 bits per heavy atom. The van der Waals surface area contributed by atoms with E-state index in [9.17, 15) is 0 Å². The van der Waals surface area contributed by atoms with Gasteiger partial charge in [-0.2, -0.15) is 0 Å². The molecular weight excluding hydrogens is 242 g/mol. The van der Waals surface area contributed by atoms with Crippen LogP contribution >= 0.6 is 0 Å². The van der Waals surface area contributed by atoms with Crippen molar-refractivity contribution in [1.29, 1.82) is 0 Å². The summed E-state index contributed by atoms with van der Waals surface area (Å²) in [5, 5.41) is 3.67. The molecule has 0 radical (unpaired) electrons. The zero-order valence-corrected chi connectivity index (χ0v) is 13.7. The molecule has 1 fully saturated rings. The van der Waals surface area contributed by atoms with Gasteiger partial charge in [0.1, 0.15) is 0 Å². The zero-order valence-electron chi connectivity index (χ0n) is 13.7. The molecule has 1 N–H and O–H groups in total. The van der Waals surface area contributed by atoms with Crippen LogP contribution in [0, 0.1) is 11.8 Å². The molecule has 0 amide bonds. The van der Waals surface area contributed by atoms with E-state index < -0.39 is 0 Å². The molecule has 1 nitrogen and oxygen atoms in total. The third-order valence-corrected chi connectivity index (χ3v) is 5.53. The molecule has 1 saturated carbocycles. The van der Waals surface area contributed by atoms with Crippen LogP contribution in [0.15, 0.2) is 30.3 Å². The zero-order chi connectivity index (χ0) is 14.6. The highest BCUT2D eigenvalue weighted by molar-refractivity contribution is 5.26.